The van der Waals surface area contributed by atoms with Crippen molar-refractivity contribution in [3.05, 3.63) is 180 Å². The van der Waals surface area contributed by atoms with Crippen molar-refractivity contribution in [3.8, 4) is 11.5 Å². The van der Waals surface area contributed by atoms with E-state index in [1.807, 2.05) is 24.3 Å². The van der Waals surface area contributed by atoms with Crippen molar-refractivity contribution in [2.45, 2.75) is 38.4 Å². The van der Waals surface area contributed by atoms with E-state index < -0.39 is 29.9 Å². The predicted molar refractivity (Wildman–Crippen MR) is 194 cm³/mol. The van der Waals surface area contributed by atoms with E-state index in [0.717, 1.165) is 16.7 Å². The molecule has 0 aliphatic rings. The van der Waals surface area contributed by atoms with Crippen LogP contribution in [0.15, 0.2) is 152 Å². The molecule has 1 N–H and O–H groups in total. The summed E-state index contributed by atoms with van der Waals surface area (Å²) in [5.41, 5.74) is 1.39. The molecule has 0 radical (unpaired) electrons. The number of benzene rings is 5. The number of nitrogens with one attached hydrogen (secondary N) is 1. The number of rotatable bonds is 15. The fourth-order valence-corrected chi connectivity index (χ4v) is 4.99. The standard InChI is InChI=1S/C42H37NO10/c1-2-42(38(44)48-27-31-15-7-3-8-16-31,43-39(45)49-28-32-17-9-4-10-18-32)26-35-23-24-36(52-40(46)50-29-33-19-11-5-12-20-33)37(25-35)53-41(47)51-30-34-21-13-6-14-22-34/h2-25H,1,26-30H2,(H,43,45)/t42-/m1/s1. The van der Waals surface area contributed by atoms with Gasteiger partial charge in [-0.25, -0.2) is 19.2 Å². The molecule has 0 aliphatic carbocycles. The summed E-state index contributed by atoms with van der Waals surface area (Å²) in [5, 5.41) is 2.62. The average Bonchev–Trinajstić information content (AvgIpc) is 3.20. The Morgan fingerprint density at radius 1 is 0.509 bits per heavy atom. The molecule has 1 atom stereocenters. The Morgan fingerprint density at radius 3 is 1.38 bits per heavy atom. The first-order valence-electron chi connectivity index (χ1n) is 16.6. The maximum atomic E-state index is 13.8. The van der Waals surface area contributed by atoms with E-state index in [-0.39, 0.29) is 44.3 Å². The second-order valence-corrected chi connectivity index (χ2v) is 11.6. The first-order chi connectivity index (χ1) is 25.8. The summed E-state index contributed by atoms with van der Waals surface area (Å²) in [6.07, 6.45) is -2.05. The van der Waals surface area contributed by atoms with Gasteiger partial charge in [0.05, 0.1) is 0 Å². The Morgan fingerprint density at radius 2 is 0.925 bits per heavy atom. The molecule has 0 heterocycles. The van der Waals surface area contributed by atoms with Gasteiger partial charge in [0, 0.05) is 6.42 Å². The van der Waals surface area contributed by atoms with Crippen LogP contribution >= 0.6 is 0 Å². The van der Waals surface area contributed by atoms with Crippen LogP contribution in [-0.2, 0) is 56.6 Å². The average molecular weight is 716 g/mol. The number of carbonyl (C=O) groups excluding carboxylic acids is 4. The molecule has 0 spiro atoms. The molecular formula is C42H37NO10. The molecule has 0 saturated carbocycles. The van der Waals surface area contributed by atoms with Gasteiger partial charge in [-0.3, -0.25) is 0 Å². The molecular weight excluding hydrogens is 678 g/mol. The fraction of sp³-hybridized carbons (Fsp3) is 0.143. The van der Waals surface area contributed by atoms with Gasteiger partial charge in [0.25, 0.3) is 0 Å². The third kappa shape index (κ3) is 11.6. The molecule has 0 bridgehead atoms. The summed E-state index contributed by atoms with van der Waals surface area (Å²) in [6, 6.07) is 40.2. The van der Waals surface area contributed by atoms with Gasteiger partial charge in [0.2, 0.25) is 0 Å². The van der Waals surface area contributed by atoms with Crippen molar-refractivity contribution in [2.75, 3.05) is 0 Å². The van der Waals surface area contributed by atoms with Crippen molar-refractivity contribution < 1.29 is 47.6 Å². The molecule has 53 heavy (non-hydrogen) atoms. The minimum absolute atomic E-state index is 0.0611. The highest BCUT2D eigenvalue weighted by Crippen LogP contribution is 2.32. The lowest BCUT2D eigenvalue weighted by Crippen LogP contribution is -2.55. The monoisotopic (exact) mass is 715 g/mol. The van der Waals surface area contributed by atoms with Gasteiger partial charge < -0.3 is 33.7 Å². The van der Waals surface area contributed by atoms with Crippen molar-refractivity contribution in [2.24, 2.45) is 0 Å². The smallest absolute Gasteiger partial charge is 0.459 e. The zero-order valence-corrected chi connectivity index (χ0v) is 28.7. The molecule has 1 amide bonds. The van der Waals surface area contributed by atoms with E-state index in [1.165, 1.54) is 24.3 Å². The fourth-order valence-electron chi connectivity index (χ4n) is 4.99. The normalized spacial score (nSPS) is 11.5. The van der Waals surface area contributed by atoms with Gasteiger partial charge in [0.1, 0.15) is 26.4 Å². The molecule has 0 unspecified atom stereocenters. The summed E-state index contributed by atoms with van der Waals surface area (Å²) < 4.78 is 32.6. The van der Waals surface area contributed by atoms with Crippen LogP contribution in [0.1, 0.15) is 27.8 Å². The summed E-state index contributed by atoms with van der Waals surface area (Å²) >= 11 is 0. The highest BCUT2D eigenvalue weighted by molar-refractivity contribution is 5.88. The largest absolute Gasteiger partial charge is 0.514 e. The lowest BCUT2D eigenvalue weighted by atomic mass is 9.90. The van der Waals surface area contributed by atoms with Crippen molar-refractivity contribution >= 4 is 24.4 Å². The van der Waals surface area contributed by atoms with Crippen molar-refractivity contribution in [3.63, 3.8) is 0 Å². The SMILES string of the molecule is C=C[C@](Cc1ccc(OC(=O)OCc2ccccc2)c(OC(=O)OCc2ccccc2)c1)(NC(=O)OCc1ccccc1)C(=O)OCc1ccccc1. The third-order valence-electron chi connectivity index (χ3n) is 7.74. The number of ether oxygens (including phenoxy) is 6. The molecule has 5 aromatic rings. The van der Waals surface area contributed by atoms with Gasteiger partial charge >= 0.3 is 24.4 Å². The van der Waals surface area contributed by atoms with Crippen LogP contribution in [0.4, 0.5) is 14.4 Å². The van der Waals surface area contributed by atoms with Gasteiger partial charge in [-0.2, -0.15) is 0 Å². The van der Waals surface area contributed by atoms with Crippen molar-refractivity contribution in [1.82, 2.24) is 5.32 Å². The van der Waals surface area contributed by atoms with Crippen molar-refractivity contribution in [1.29, 1.82) is 0 Å². The van der Waals surface area contributed by atoms with Gasteiger partial charge in [-0.1, -0.05) is 133 Å². The Hall–Kier alpha value is -6.88. The predicted octanol–water partition coefficient (Wildman–Crippen LogP) is 8.25. The van der Waals surface area contributed by atoms with Crippen LogP contribution in [0, 0.1) is 0 Å². The van der Waals surface area contributed by atoms with E-state index >= 15 is 0 Å². The number of carbonyl (C=O) groups is 4. The maximum Gasteiger partial charge on any atom is 0.514 e. The van der Waals surface area contributed by atoms with Crippen LogP contribution in [-0.4, -0.2) is 29.9 Å². The van der Waals surface area contributed by atoms with Crippen LogP contribution in [0.2, 0.25) is 0 Å². The molecule has 5 aromatic carbocycles. The van der Waals surface area contributed by atoms with Gasteiger partial charge in [-0.05, 0) is 39.9 Å². The molecule has 0 saturated heterocycles. The molecule has 5 rings (SSSR count). The van der Waals surface area contributed by atoms with Crippen LogP contribution < -0.4 is 14.8 Å². The summed E-state index contributed by atoms with van der Waals surface area (Å²) in [5.74, 6) is -1.23. The number of esters is 1. The van der Waals surface area contributed by atoms with E-state index in [2.05, 4.69) is 11.9 Å². The minimum Gasteiger partial charge on any atom is -0.459 e. The van der Waals surface area contributed by atoms with E-state index in [0.29, 0.717) is 11.1 Å². The second-order valence-electron chi connectivity index (χ2n) is 11.6. The molecule has 270 valence electrons. The highest BCUT2D eigenvalue weighted by atomic mass is 16.7. The van der Waals surface area contributed by atoms with Gasteiger partial charge in [0.15, 0.2) is 17.0 Å². The first-order valence-corrected chi connectivity index (χ1v) is 16.6. The number of alkyl carbamates (subject to hydrolysis) is 1. The Labute approximate surface area is 306 Å². The molecule has 0 aromatic heterocycles. The lowest BCUT2D eigenvalue weighted by Gasteiger charge is -2.29. The molecule has 0 aliphatic heterocycles. The van der Waals surface area contributed by atoms with Crippen LogP contribution in [0.25, 0.3) is 0 Å². The topological polar surface area (TPSA) is 136 Å². The zero-order chi connectivity index (χ0) is 37.3. The quantitative estimate of drug-likeness (QED) is 0.0488. The minimum atomic E-state index is -1.86. The zero-order valence-electron chi connectivity index (χ0n) is 28.7. The van der Waals surface area contributed by atoms with Gasteiger partial charge in [-0.15, -0.1) is 6.58 Å². The van der Waals surface area contributed by atoms with E-state index in [9.17, 15) is 19.2 Å². The van der Waals surface area contributed by atoms with E-state index in [1.54, 1.807) is 97.1 Å². The highest BCUT2D eigenvalue weighted by Gasteiger charge is 2.40. The molecule has 11 nitrogen and oxygen atoms in total. The molecule has 0 fully saturated rings. The van der Waals surface area contributed by atoms with Crippen LogP contribution in [0.3, 0.4) is 0 Å². The second kappa shape index (κ2) is 18.9. The Bertz CT molecular complexity index is 1970. The third-order valence-corrected chi connectivity index (χ3v) is 7.74. The summed E-state index contributed by atoms with van der Waals surface area (Å²) in [6.45, 7) is 3.54. The molecule has 11 heteroatoms. The number of hydrogen-bond acceptors (Lipinski definition) is 10. The van der Waals surface area contributed by atoms with Crippen LogP contribution in [0.5, 0.6) is 11.5 Å². The lowest BCUT2D eigenvalue weighted by molar-refractivity contribution is -0.150. The summed E-state index contributed by atoms with van der Waals surface area (Å²) in [7, 11) is 0. The first kappa shape index (κ1) is 37.4. The number of hydrogen-bond donors (Lipinski definition) is 1. The maximum absolute atomic E-state index is 13.8. The Kier molecular flexibility index (Phi) is 13.3. The van der Waals surface area contributed by atoms with E-state index in [4.69, 9.17) is 28.4 Å². The number of amides is 1. The Balaban J connectivity index is 1.38. The summed E-state index contributed by atoms with van der Waals surface area (Å²) in [4.78, 5) is 52.5.